The van der Waals surface area contributed by atoms with Crippen LogP contribution in [-0.4, -0.2) is 9.97 Å². The first-order valence-electron chi connectivity index (χ1n) is 7.19. The molecule has 3 aromatic rings. The Kier molecular flexibility index (Phi) is 4.55. The number of halogens is 4. The lowest BCUT2D eigenvalue weighted by Crippen LogP contribution is -2.10. The van der Waals surface area contributed by atoms with Gasteiger partial charge in [0.1, 0.15) is 0 Å². The molecule has 1 aromatic carbocycles. The number of hydrogen-bond acceptors (Lipinski definition) is 2. The third kappa shape index (κ3) is 3.13. The van der Waals surface area contributed by atoms with Crippen molar-refractivity contribution in [3.8, 4) is 0 Å². The van der Waals surface area contributed by atoms with Crippen LogP contribution < -0.4 is 0 Å². The topological polar surface area (TPSA) is 25.8 Å². The summed E-state index contributed by atoms with van der Waals surface area (Å²) in [6.07, 6.45) is 5.24. The molecule has 0 saturated carbocycles. The van der Waals surface area contributed by atoms with E-state index < -0.39 is 34.4 Å². The van der Waals surface area contributed by atoms with Crippen molar-refractivity contribution < 1.29 is 17.6 Å². The van der Waals surface area contributed by atoms with Gasteiger partial charge in [-0.1, -0.05) is 0 Å². The molecule has 0 unspecified atom stereocenters. The van der Waals surface area contributed by atoms with Gasteiger partial charge in [0, 0.05) is 48.8 Å². The largest absolute Gasteiger partial charge is 0.265 e. The Bertz CT molecular complexity index is 750. The molecule has 0 aliphatic heterocycles. The first-order valence-corrected chi connectivity index (χ1v) is 7.19. The summed E-state index contributed by atoms with van der Waals surface area (Å²) in [5.41, 5.74) is -0.253. The number of nitrogens with zero attached hydrogens (tertiary/aromatic N) is 2. The highest BCUT2D eigenvalue weighted by atomic mass is 19.2. The summed E-state index contributed by atoms with van der Waals surface area (Å²) in [5, 5.41) is 0. The molecule has 0 fully saturated rings. The molecule has 0 radical (unpaired) electrons. The predicted octanol–water partition coefficient (Wildman–Crippen LogP) is 4.21. The fraction of sp³-hybridized carbons (Fsp3) is 0.111. The van der Waals surface area contributed by atoms with Gasteiger partial charge in [0.15, 0.2) is 23.3 Å². The maximum Gasteiger partial charge on any atom is 0.165 e. The Labute approximate surface area is 135 Å². The van der Waals surface area contributed by atoms with Gasteiger partial charge in [-0.15, -0.1) is 0 Å². The first-order chi connectivity index (χ1) is 11.6. The van der Waals surface area contributed by atoms with Crippen LogP contribution in [0.3, 0.4) is 0 Å². The smallest absolute Gasteiger partial charge is 0.165 e. The van der Waals surface area contributed by atoms with Gasteiger partial charge in [0.2, 0.25) is 0 Å². The molecule has 0 aliphatic carbocycles. The minimum atomic E-state index is -1.37. The fourth-order valence-electron chi connectivity index (χ4n) is 2.44. The Morgan fingerprint density at radius 3 is 1.12 bits per heavy atom. The molecule has 2 aromatic heterocycles. The summed E-state index contributed by atoms with van der Waals surface area (Å²) >= 11 is 0. The third-order valence-corrected chi connectivity index (χ3v) is 3.71. The quantitative estimate of drug-likeness (QED) is 0.528. The maximum atomic E-state index is 14.3. The van der Waals surface area contributed by atoms with Gasteiger partial charge >= 0.3 is 0 Å². The summed E-state index contributed by atoms with van der Waals surface area (Å²) in [6.45, 7) is 0. The Hall–Kier alpha value is -2.76. The molecule has 0 aliphatic rings. The van der Waals surface area contributed by atoms with E-state index in [9.17, 15) is 17.6 Å². The zero-order chi connectivity index (χ0) is 17.1. The summed E-state index contributed by atoms with van der Waals surface area (Å²) in [7, 11) is 0. The molecule has 0 N–H and O–H groups in total. The van der Waals surface area contributed by atoms with E-state index in [4.69, 9.17) is 0 Å². The number of rotatable bonds is 4. The Balaban J connectivity index is 2.02. The van der Waals surface area contributed by atoms with Crippen molar-refractivity contribution in [2.75, 3.05) is 0 Å². The summed E-state index contributed by atoms with van der Waals surface area (Å²) < 4.78 is 57.1. The molecule has 122 valence electrons. The van der Waals surface area contributed by atoms with Crippen LogP contribution in [0.1, 0.15) is 22.3 Å². The molecule has 0 spiro atoms. The zero-order valence-corrected chi connectivity index (χ0v) is 12.4. The molecule has 2 heterocycles. The minimum absolute atomic E-state index is 0.260. The van der Waals surface area contributed by atoms with E-state index in [-0.39, 0.29) is 12.8 Å². The van der Waals surface area contributed by atoms with E-state index in [1.165, 1.54) is 49.1 Å². The lowest BCUT2D eigenvalue weighted by Gasteiger charge is -2.12. The van der Waals surface area contributed by atoms with Gasteiger partial charge in [-0.25, -0.2) is 17.6 Å². The maximum absolute atomic E-state index is 14.3. The highest BCUT2D eigenvalue weighted by Crippen LogP contribution is 2.27. The van der Waals surface area contributed by atoms with Crippen molar-refractivity contribution in [3.05, 3.63) is 94.6 Å². The standard InChI is InChI=1S/C18H12F4N2/c19-15-13(9-11-1-5-23-6-2-11)16(20)18(22)14(17(15)21)10-12-3-7-24-8-4-12/h1-8H,9-10H2. The average molecular weight is 332 g/mol. The molecule has 0 atom stereocenters. The minimum Gasteiger partial charge on any atom is -0.265 e. The van der Waals surface area contributed by atoms with Gasteiger partial charge in [0.25, 0.3) is 0 Å². The van der Waals surface area contributed by atoms with E-state index in [1.807, 2.05) is 0 Å². The van der Waals surface area contributed by atoms with E-state index in [2.05, 4.69) is 9.97 Å². The molecule has 0 saturated heterocycles. The highest BCUT2D eigenvalue weighted by Gasteiger charge is 2.25. The van der Waals surface area contributed by atoms with E-state index in [0.717, 1.165) is 0 Å². The number of hydrogen-bond donors (Lipinski definition) is 0. The van der Waals surface area contributed by atoms with Crippen molar-refractivity contribution in [2.24, 2.45) is 0 Å². The van der Waals surface area contributed by atoms with Crippen molar-refractivity contribution in [3.63, 3.8) is 0 Å². The third-order valence-electron chi connectivity index (χ3n) is 3.71. The van der Waals surface area contributed by atoms with E-state index in [1.54, 1.807) is 0 Å². The second-order valence-electron chi connectivity index (χ2n) is 5.28. The second-order valence-corrected chi connectivity index (χ2v) is 5.28. The van der Waals surface area contributed by atoms with Crippen LogP contribution in [0.2, 0.25) is 0 Å². The van der Waals surface area contributed by atoms with Crippen LogP contribution in [0.25, 0.3) is 0 Å². The van der Waals surface area contributed by atoms with Crippen molar-refractivity contribution >= 4 is 0 Å². The highest BCUT2D eigenvalue weighted by molar-refractivity contribution is 5.36. The SMILES string of the molecule is Fc1c(F)c(Cc2ccncc2)c(F)c(F)c1Cc1ccncc1. The summed E-state index contributed by atoms with van der Waals surface area (Å²) in [5.74, 6) is -5.46. The van der Waals surface area contributed by atoms with Gasteiger partial charge in [-0.2, -0.15) is 0 Å². The number of aromatic nitrogens is 2. The van der Waals surface area contributed by atoms with Crippen LogP contribution in [-0.2, 0) is 12.8 Å². The van der Waals surface area contributed by atoms with Gasteiger partial charge < -0.3 is 0 Å². The van der Waals surface area contributed by atoms with E-state index in [0.29, 0.717) is 11.1 Å². The fourth-order valence-corrected chi connectivity index (χ4v) is 2.44. The second kappa shape index (κ2) is 6.78. The predicted molar refractivity (Wildman–Crippen MR) is 80.4 cm³/mol. The van der Waals surface area contributed by atoms with Crippen LogP contribution in [0.15, 0.2) is 49.1 Å². The zero-order valence-electron chi connectivity index (χ0n) is 12.4. The molecule has 6 heteroatoms. The Morgan fingerprint density at radius 1 is 0.542 bits per heavy atom. The average Bonchev–Trinajstić information content (AvgIpc) is 2.62. The van der Waals surface area contributed by atoms with E-state index >= 15 is 0 Å². The number of benzene rings is 1. The normalized spacial score (nSPS) is 10.8. The summed E-state index contributed by atoms with van der Waals surface area (Å²) in [6, 6.07) is 6.11. The lowest BCUT2D eigenvalue weighted by atomic mass is 9.98. The molecule has 0 bridgehead atoms. The summed E-state index contributed by atoms with van der Waals surface area (Å²) in [4.78, 5) is 7.57. The van der Waals surface area contributed by atoms with Crippen LogP contribution in [0.4, 0.5) is 17.6 Å². The molecular weight excluding hydrogens is 320 g/mol. The van der Waals surface area contributed by atoms with Crippen LogP contribution >= 0.6 is 0 Å². The first kappa shape index (κ1) is 16.1. The van der Waals surface area contributed by atoms with Gasteiger partial charge in [-0.05, 0) is 35.4 Å². The van der Waals surface area contributed by atoms with Gasteiger partial charge in [-0.3, -0.25) is 9.97 Å². The molecule has 3 rings (SSSR count). The monoisotopic (exact) mass is 332 g/mol. The molecule has 0 amide bonds. The van der Waals surface area contributed by atoms with Crippen molar-refractivity contribution in [1.82, 2.24) is 9.97 Å². The molecule has 24 heavy (non-hydrogen) atoms. The van der Waals surface area contributed by atoms with Crippen molar-refractivity contribution in [2.45, 2.75) is 12.8 Å². The molecule has 2 nitrogen and oxygen atoms in total. The van der Waals surface area contributed by atoms with Crippen molar-refractivity contribution in [1.29, 1.82) is 0 Å². The van der Waals surface area contributed by atoms with Crippen LogP contribution in [0, 0.1) is 23.3 Å². The van der Waals surface area contributed by atoms with Gasteiger partial charge in [0.05, 0.1) is 0 Å². The lowest BCUT2D eigenvalue weighted by molar-refractivity contribution is 0.430. The number of pyridine rings is 2. The van der Waals surface area contributed by atoms with Crippen LogP contribution in [0.5, 0.6) is 0 Å². The Morgan fingerprint density at radius 2 is 0.833 bits per heavy atom. The molecular formula is C18H12F4N2.